The number of rotatable bonds is 6. The molecule has 1 heterocycles. The largest absolute Gasteiger partial charge is 0.399 e. The molecule has 1 atom stereocenters. The first-order chi connectivity index (χ1) is 14.9. The summed E-state index contributed by atoms with van der Waals surface area (Å²) in [4.78, 5) is 11.5. The number of nitrogens with zero attached hydrogens (tertiary/aromatic N) is 2. The summed E-state index contributed by atoms with van der Waals surface area (Å²) in [5.74, 6) is -0.512. The summed E-state index contributed by atoms with van der Waals surface area (Å²) in [7, 11) is -3.84. The van der Waals surface area contributed by atoms with E-state index < -0.39 is 15.8 Å². The van der Waals surface area contributed by atoms with Gasteiger partial charge in [-0.25, -0.2) is 17.8 Å². The van der Waals surface area contributed by atoms with Crippen LogP contribution in [0, 0.1) is 5.82 Å². The lowest BCUT2D eigenvalue weighted by molar-refractivity contribution is -0.119. The summed E-state index contributed by atoms with van der Waals surface area (Å²) in [5, 5.41) is 5.75. The quantitative estimate of drug-likeness (QED) is 0.454. The molecule has 0 fully saturated rings. The maximum absolute atomic E-state index is 13.0. The number of benzene rings is 3. The van der Waals surface area contributed by atoms with E-state index in [4.69, 9.17) is 5.73 Å². The van der Waals surface area contributed by atoms with Crippen molar-refractivity contribution in [2.24, 2.45) is 5.10 Å². The number of carbonyl (C=O) groups is 1. The molecule has 9 heteroatoms. The van der Waals surface area contributed by atoms with E-state index in [2.05, 4.69) is 9.82 Å². The molecule has 1 unspecified atom stereocenters. The number of hydrogen-bond donors (Lipinski definition) is 2. The van der Waals surface area contributed by atoms with Crippen LogP contribution in [0.3, 0.4) is 0 Å². The van der Waals surface area contributed by atoms with E-state index in [1.165, 1.54) is 17.1 Å². The molecule has 3 N–H and O–H groups in total. The number of sulfonamides is 1. The van der Waals surface area contributed by atoms with Gasteiger partial charge in [0.25, 0.3) is 10.0 Å². The van der Waals surface area contributed by atoms with Crippen LogP contribution in [-0.4, -0.2) is 25.5 Å². The molecule has 3 aromatic carbocycles. The molecule has 0 spiro atoms. The second kappa shape index (κ2) is 8.19. The van der Waals surface area contributed by atoms with Crippen molar-refractivity contribution in [2.45, 2.75) is 17.4 Å². The lowest BCUT2D eigenvalue weighted by Crippen LogP contribution is -2.17. The number of amides is 1. The van der Waals surface area contributed by atoms with Gasteiger partial charge in [-0.15, -0.1) is 0 Å². The van der Waals surface area contributed by atoms with Gasteiger partial charge >= 0.3 is 0 Å². The van der Waals surface area contributed by atoms with Crippen molar-refractivity contribution in [2.75, 3.05) is 10.5 Å². The number of nitrogens with one attached hydrogen (secondary N) is 1. The Balaban J connectivity index is 1.51. The molecule has 0 saturated carbocycles. The van der Waals surface area contributed by atoms with Crippen molar-refractivity contribution in [1.82, 2.24) is 5.01 Å². The average molecular weight is 438 g/mol. The summed E-state index contributed by atoms with van der Waals surface area (Å²) in [6.45, 7) is 0. The van der Waals surface area contributed by atoms with Crippen LogP contribution in [0.2, 0.25) is 0 Å². The van der Waals surface area contributed by atoms with Crippen LogP contribution in [0.1, 0.15) is 23.6 Å². The van der Waals surface area contributed by atoms with Gasteiger partial charge in [0.1, 0.15) is 5.82 Å². The summed E-state index contributed by atoms with van der Waals surface area (Å²) in [6.07, 6.45) is 1.18. The first kappa shape index (κ1) is 20.5. The number of nitrogens with two attached hydrogens (primary N) is 1. The van der Waals surface area contributed by atoms with Gasteiger partial charge < -0.3 is 5.73 Å². The normalized spacial score (nSPS) is 16.1. The molecule has 1 aliphatic rings. The summed E-state index contributed by atoms with van der Waals surface area (Å²) in [5.41, 5.74) is 9.17. The Morgan fingerprint density at radius 1 is 1.06 bits per heavy atom. The summed E-state index contributed by atoms with van der Waals surface area (Å²) in [6, 6.07) is 18.3. The molecule has 158 valence electrons. The molecule has 0 saturated heterocycles. The molecular weight excluding hydrogens is 419 g/mol. The second-order valence-corrected chi connectivity index (χ2v) is 8.74. The van der Waals surface area contributed by atoms with Gasteiger partial charge in [0.05, 0.1) is 16.6 Å². The van der Waals surface area contributed by atoms with Gasteiger partial charge in [-0.1, -0.05) is 24.3 Å². The fraction of sp³-hybridized carbons (Fsp3) is 0.0909. The highest BCUT2D eigenvalue weighted by Crippen LogP contribution is 2.32. The van der Waals surface area contributed by atoms with E-state index in [0.29, 0.717) is 29.9 Å². The van der Waals surface area contributed by atoms with Gasteiger partial charge in [0.2, 0.25) is 6.41 Å². The predicted octanol–water partition coefficient (Wildman–Crippen LogP) is 3.52. The number of hydrogen-bond acceptors (Lipinski definition) is 5. The van der Waals surface area contributed by atoms with Crippen molar-refractivity contribution in [1.29, 1.82) is 0 Å². The van der Waals surface area contributed by atoms with Gasteiger partial charge in [-0.3, -0.25) is 9.52 Å². The Labute approximate surface area is 179 Å². The maximum atomic E-state index is 13.0. The van der Waals surface area contributed by atoms with Gasteiger partial charge in [0.15, 0.2) is 0 Å². The molecule has 1 aliphatic heterocycles. The molecule has 31 heavy (non-hydrogen) atoms. The zero-order valence-corrected chi connectivity index (χ0v) is 17.1. The Hall–Kier alpha value is -3.72. The number of nitrogen functional groups attached to an aromatic ring is 1. The smallest absolute Gasteiger partial charge is 0.261 e. The molecule has 0 aliphatic carbocycles. The molecule has 0 radical (unpaired) electrons. The van der Waals surface area contributed by atoms with Crippen LogP contribution in [-0.2, 0) is 14.8 Å². The van der Waals surface area contributed by atoms with Gasteiger partial charge in [-0.2, -0.15) is 5.10 Å². The molecule has 0 aromatic heterocycles. The first-order valence-corrected chi connectivity index (χ1v) is 10.9. The van der Waals surface area contributed by atoms with Crippen LogP contribution in [0.4, 0.5) is 15.8 Å². The Morgan fingerprint density at radius 3 is 2.42 bits per heavy atom. The van der Waals surface area contributed by atoms with E-state index in [9.17, 15) is 17.6 Å². The zero-order chi connectivity index (χ0) is 22.0. The minimum atomic E-state index is -3.84. The number of hydrazone groups is 1. The minimum Gasteiger partial charge on any atom is -0.399 e. The fourth-order valence-electron chi connectivity index (χ4n) is 3.39. The monoisotopic (exact) mass is 438 g/mol. The first-order valence-electron chi connectivity index (χ1n) is 9.41. The van der Waals surface area contributed by atoms with Crippen molar-refractivity contribution in [3.63, 3.8) is 0 Å². The number of halogens is 1. The van der Waals surface area contributed by atoms with E-state index in [-0.39, 0.29) is 10.9 Å². The third-order valence-electron chi connectivity index (χ3n) is 4.94. The highest BCUT2D eigenvalue weighted by atomic mass is 32.2. The van der Waals surface area contributed by atoms with Gasteiger partial charge in [0, 0.05) is 17.8 Å². The van der Waals surface area contributed by atoms with Crippen molar-refractivity contribution >= 4 is 33.5 Å². The van der Waals surface area contributed by atoms with Crippen LogP contribution in [0.15, 0.2) is 82.8 Å². The van der Waals surface area contributed by atoms with E-state index >= 15 is 0 Å². The fourth-order valence-corrected chi connectivity index (χ4v) is 4.45. The standard InChI is InChI=1S/C22H19FN4O3S/c23-17-6-10-20(11-7-17)31(29,30)26-19-8-4-15(5-9-19)21-13-22(27(14-28)25-21)16-2-1-3-18(24)12-16/h1-12,14,22,26H,13,24H2. The summed E-state index contributed by atoms with van der Waals surface area (Å²) < 4.78 is 40.4. The van der Waals surface area contributed by atoms with E-state index in [1.807, 2.05) is 18.2 Å². The Bertz CT molecular complexity index is 1240. The maximum Gasteiger partial charge on any atom is 0.261 e. The second-order valence-electron chi connectivity index (χ2n) is 7.06. The molecule has 1 amide bonds. The van der Waals surface area contributed by atoms with Crippen LogP contribution < -0.4 is 10.5 Å². The number of anilines is 2. The lowest BCUT2D eigenvalue weighted by Gasteiger charge is -2.17. The van der Waals surface area contributed by atoms with Crippen molar-refractivity contribution in [3.05, 3.63) is 89.7 Å². The lowest BCUT2D eigenvalue weighted by atomic mass is 9.98. The minimum absolute atomic E-state index is 0.0373. The topological polar surface area (TPSA) is 105 Å². The van der Waals surface area contributed by atoms with E-state index in [1.54, 1.807) is 30.3 Å². The summed E-state index contributed by atoms with van der Waals surface area (Å²) >= 11 is 0. The third kappa shape index (κ3) is 4.41. The van der Waals surface area contributed by atoms with E-state index in [0.717, 1.165) is 23.3 Å². The highest BCUT2D eigenvalue weighted by Gasteiger charge is 2.28. The highest BCUT2D eigenvalue weighted by molar-refractivity contribution is 7.92. The SMILES string of the molecule is Nc1cccc(C2CC(c3ccc(NS(=O)(=O)c4ccc(F)cc4)cc3)=NN2C=O)c1. The molecule has 0 bridgehead atoms. The van der Waals surface area contributed by atoms with Crippen LogP contribution >= 0.6 is 0 Å². The van der Waals surface area contributed by atoms with Crippen LogP contribution in [0.25, 0.3) is 0 Å². The Morgan fingerprint density at radius 2 is 1.77 bits per heavy atom. The molecule has 3 aromatic rings. The van der Waals surface area contributed by atoms with Crippen molar-refractivity contribution < 1.29 is 17.6 Å². The molecular formula is C22H19FN4O3S. The predicted molar refractivity (Wildman–Crippen MR) is 116 cm³/mol. The zero-order valence-electron chi connectivity index (χ0n) is 16.3. The molecule has 4 rings (SSSR count). The van der Waals surface area contributed by atoms with Crippen molar-refractivity contribution in [3.8, 4) is 0 Å². The Kier molecular flexibility index (Phi) is 5.43. The van der Waals surface area contributed by atoms with Gasteiger partial charge in [-0.05, 0) is 59.7 Å². The average Bonchev–Trinajstić information content (AvgIpc) is 3.19. The van der Waals surface area contributed by atoms with Crippen LogP contribution in [0.5, 0.6) is 0 Å². The molecule has 7 nitrogen and oxygen atoms in total. The third-order valence-corrected chi connectivity index (χ3v) is 6.34. The number of carbonyl (C=O) groups excluding carboxylic acids is 1.